The number of aryl methyl sites for hydroxylation is 1. The summed E-state index contributed by atoms with van der Waals surface area (Å²) < 4.78 is 0.676. The predicted molar refractivity (Wildman–Crippen MR) is 115 cm³/mol. The van der Waals surface area contributed by atoms with Gasteiger partial charge in [0.15, 0.2) is 5.96 Å². The number of para-hydroxylation sites is 1. The fraction of sp³-hybridized carbons (Fsp3) is 0.350. The number of thiophene rings is 1. The average molecular weight is 405 g/mol. The largest absolute Gasteiger partial charge is 0.386 e. The number of fused-ring (bicyclic) bond motifs is 1. The van der Waals surface area contributed by atoms with Gasteiger partial charge >= 0.3 is 0 Å². The highest BCUT2D eigenvalue weighted by atomic mass is 35.5. The summed E-state index contributed by atoms with van der Waals surface area (Å²) in [5.74, 6) is 0.720. The number of aromatic amines is 1. The van der Waals surface area contributed by atoms with Crippen molar-refractivity contribution in [3.8, 4) is 0 Å². The minimum Gasteiger partial charge on any atom is -0.386 e. The fourth-order valence-electron chi connectivity index (χ4n) is 2.94. The second kappa shape index (κ2) is 9.78. The van der Waals surface area contributed by atoms with Gasteiger partial charge in [0.1, 0.15) is 6.10 Å². The molecule has 5 nitrogen and oxygen atoms in total. The van der Waals surface area contributed by atoms with Crippen molar-refractivity contribution >= 4 is 39.8 Å². The Bertz CT molecular complexity index is 889. The van der Waals surface area contributed by atoms with Crippen LogP contribution in [0.1, 0.15) is 29.9 Å². The predicted octanol–water partition coefficient (Wildman–Crippen LogP) is 4.10. The Balaban J connectivity index is 1.49. The number of hydrogen-bond acceptors (Lipinski definition) is 3. The van der Waals surface area contributed by atoms with Gasteiger partial charge in [0.25, 0.3) is 0 Å². The third-order valence-electron chi connectivity index (χ3n) is 4.28. The highest BCUT2D eigenvalue weighted by molar-refractivity contribution is 7.16. The summed E-state index contributed by atoms with van der Waals surface area (Å²) in [5, 5.41) is 18.1. The minimum absolute atomic E-state index is 0.300. The van der Waals surface area contributed by atoms with E-state index in [9.17, 15) is 5.11 Å². The molecule has 4 N–H and O–H groups in total. The van der Waals surface area contributed by atoms with E-state index >= 15 is 0 Å². The van der Waals surface area contributed by atoms with E-state index in [1.165, 1.54) is 27.8 Å². The molecular weight excluding hydrogens is 380 g/mol. The van der Waals surface area contributed by atoms with E-state index in [1.807, 2.05) is 19.1 Å². The van der Waals surface area contributed by atoms with Crippen molar-refractivity contribution in [2.45, 2.75) is 25.9 Å². The molecule has 7 heteroatoms. The van der Waals surface area contributed by atoms with E-state index in [0.29, 0.717) is 10.9 Å². The van der Waals surface area contributed by atoms with Gasteiger partial charge in [0.2, 0.25) is 0 Å². The molecule has 0 aliphatic rings. The lowest BCUT2D eigenvalue weighted by Gasteiger charge is -2.12. The minimum atomic E-state index is -0.635. The number of aromatic nitrogens is 1. The lowest BCUT2D eigenvalue weighted by atomic mass is 10.1. The number of guanidine groups is 1. The number of aliphatic hydroxyl groups excluding tert-OH is 1. The van der Waals surface area contributed by atoms with Crippen LogP contribution in [0.25, 0.3) is 10.9 Å². The van der Waals surface area contributed by atoms with Gasteiger partial charge in [0, 0.05) is 35.1 Å². The van der Waals surface area contributed by atoms with Crippen molar-refractivity contribution in [3.05, 3.63) is 57.4 Å². The van der Waals surface area contributed by atoms with Crippen molar-refractivity contribution in [3.63, 3.8) is 0 Å². The maximum atomic E-state index is 10.2. The molecule has 0 fully saturated rings. The number of nitrogens with zero attached hydrogens (tertiary/aromatic N) is 1. The van der Waals surface area contributed by atoms with Crippen LogP contribution in [0, 0.1) is 0 Å². The molecule has 0 spiro atoms. The first-order valence-electron chi connectivity index (χ1n) is 9.18. The van der Waals surface area contributed by atoms with Crippen LogP contribution in [0.3, 0.4) is 0 Å². The summed E-state index contributed by atoms with van der Waals surface area (Å²) in [6.45, 7) is 3.91. The van der Waals surface area contributed by atoms with E-state index < -0.39 is 6.10 Å². The van der Waals surface area contributed by atoms with Crippen molar-refractivity contribution in [1.29, 1.82) is 0 Å². The zero-order valence-corrected chi connectivity index (χ0v) is 16.9. The standard InChI is InChI=1S/C20H25ClN4OS/c1-2-22-20(25-13-17(26)18-9-10-19(21)27-18)23-11-5-6-14-12-24-16-8-4-3-7-15(14)16/h3-4,7-10,12,17,24,26H,2,5-6,11,13H2,1H3,(H2,22,23,25). The SMILES string of the molecule is CCNC(=NCC(O)c1ccc(Cl)s1)NCCCc1c[nH]c2ccccc12. The van der Waals surface area contributed by atoms with Crippen molar-refractivity contribution in [2.24, 2.45) is 4.99 Å². The third-order valence-corrected chi connectivity index (χ3v) is 5.61. The monoisotopic (exact) mass is 404 g/mol. The molecule has 144 valence electrons. The normalized spacial score (nSPS) is 13.1. The molecule has 0 amide bonds. The first-order valence-corrected chi connectivity index (χ1v) is 10.4. The van der Waals surface area contributed by atoms with Gasteiger partial charge in [-0.2, -0.15) is 0 Å². The van der Waals surface area contributed by atoms with Crippen LogP contribution in [0.5, 0.6) is 0 Å². The number of rotatable bonds is 8. The van der Waals surface area contributed by atoms with Gasteiger partial charge in [-0.1, -0.05) is 29.8 Å². The quantitative estimate of drug-likeness (QED) is 0.259. The molecule has 0 aliphatic heterocycles. The Labute approximate surface area is 168 Å². The Kier molecular flexibility index (Phi) is 7.15. The van der Waals surface area contributed by atoms with Gasteiger partial charge in [-0.3, -0.25) is 4.99 Å². The summed E-state index contributed by atoms with van der Waals surface area (Å²) in [4.78, 5) is 8.63. The van der Waals surface area contributed by atoms with Crippen LogP contribution in [0.15, 0.2) is 47.6 Å². The smallest absolute Gasteiger partial charge is 0.191 e. The topological polar surface area (TPSA) is 72.4 Å². The van der Waals surface area contributed by atoms with Crippen LogP contribution in [0.2, 0.25) is 4.34 Å². The van der Waals surface area contributed by atoms with Gasteiger partial charge in [-0.15, -0.1) is 11.3 Å². The van der Waals surface area contributed by atoms with E-state index in [-0.39, 0.29) is 0 Å². The number of halogens is 1. The second-order valence-corrected chi connectivity index (χ2v) is 8.01. The molecule has 1 atom stereocenters. The Morgan fingerprint density at radius 1 is 1.26 bits per heavy atom. The molecule has 2 heterocycles. The summed E-state index contributed by atoms with van der Waals surface area (Å²) in [7, 11) is 0. The second-order valence-electron chi connectivity index (χ2n) is 6.27. The number of nitrogens with one attached hydrogen (secondary N) is 3. The Hall–Kier alpha value is -2.02. The molecule has 3 rings (SSSR count). The van der Waals surface area contributed by atoms with Crippen molar-refractivity contribution in [1.82, 2.24) is 15.6 Å². The first kappa shape index (κ1) is 19.7. The molecule has 0 saturated heterocycles. The number of benzene rings is 1. The maximum Gasteiger partial charge on any atom is 0.191 e. The molecule has 2 aromatic heterocycles. The van der Waals surface area contributed by atoms with Crippen LogP contribution >= 0.6 is 22.9 Å². The van der Waals surface area contributed by atoms with Gasteiger partial charge < -0.3 is 20.7 Å². The van der Waals surface area contributed by atoms with Crippen LogP contribution in [0.4, 0.5) is 0 Å². The van der Waals surface area contributed by atoms with Gasteiger partial charge in [-0.25, -0.2) is 0 Å². The third kappa shape index (κ3) is 5.48. The van der Waals surface area contributed by atoms with Crippen LogP contribution in [-0.2, 0) is 6.42 Å². The summed E-state index contributed by atoms with van der Waals surface area (Å²) >= 11 is 7.31. The highest BCUT2D eigenvalue weighted by Crippen LogP contribution is 2.26. The summed E-state index contributed by atoms with van der Waals surface area (Å²) in [6.07, 6.45) is 3.44. The highest BCUT2D eigenvalue weighted by Gasteiger charge is 2.10. The maximum absolute atomic E-state index is 10.2. The molecule has 27 heavy (non-hydrogen) atoms. The number of aliphatic hydroxyl groups is 1. The molecular formula is C20H25ClN4OS. The first-order chi connectivity index (χ1) is 13.2. The average Bonchev–Trinajstić information content (AvgIpc) is 3.29. The Morgan fingerprint density at radius 3 is 2.89 bits per heavy atom. The molecule has 3 aromatic rings. The zero-order valence-electron chi connectivity index (χ0n) is 15.3. The van der Waals surface area contributed by atoms with E-state index in [0.717, 1.165) is 36.8 Å². The number of H-pyrrole nitrogens is 1. The summed E-state index contributed by atoms with van der Waals surface area (Å²) in [6, 6.07) is 12.0. The molecule has 1 unspecified atom stereocenters. The van der Waals surface area contributed by atoms with E-state index in [4.69, 9.17) is 11.6 Å². The fourth-order valence-corrected chi connectivity index (χ4v) is 3.98. The molecule has 0 aliphatic carbocycles. The molecule has 0 saturated carbocycles. The molecule has 0 radical (unpaired) electrons. The lowest BCUT2D eigenvalue weighted by Crippen LogP contribution is -2.38. The number of hydrogen-bond donors (Lipinski definition) is 4. The van der Waals surface area contributed by atoms with Crippen LogP contribution in [-0.4, -0.2) is 35.7 Å². The van der Waals surface area contributed by atoms with E-state index in [2.05, 4.69) is 45.0 Å². The lowest BCUT2D eigenvalue weighted by molar-refractivity contribution is 0.191. The molecule has 1 aromatic carbocycles. The van der Waals surface area contributed by atoms with Gasteiger partial charge in [0.05, 0.1) is 10.9 Å². The zero-order chi connectivity index (χ0) is 19.1. The van der Waals surface area contributed by atoms with Crippen LogP contribution < -0.4 is 10.6 Å². The Morgan fingerprint density at radius 2 is 2.11 bits per heavy atom. The molecule has 0 bridgehead atoms. The number of aliphatic imine (C=N–C) groups is 1. The summed E-state index contributed by atoms with van der Waals surface area (Å²) in [5.41, 5.74) is 2.51. The van der Waals surface area contributed by atoms with E-state index in [1.54, 1.807) is 6.07 Å². The van der Waals surface area contributed by atoms with Crippen molar-refractivity contribution < 1.29 is 5.11 Å². The van der Waals surface area contributed by atoms with Crippen molar-refractivity contribution in [2.75, 3.05) is 19.6 Å². The van der Waals surface area contributed by atoms with Gasteiger partial charge in [-0.05, 0) is 43.5 Å².